The molecule has 3 rings (SSSR count). The molecule has 2 aromatic rings. The number of methoxy groups -OCH3 is 1. The fourth-order valence-electron chi connectivity index (χ4n) is 3.35. The van der Waals surface area contributed by atoms with Gasteiger partial charge in [-0.2, -0.15) is 4.31 Å². The molecule has 0 spiro atoms. The van der Waals surface area contributed by atoms with Crippen molar-refractivity contribution in [1.29, 1.82) is 0 Å². The minimum Gasteiger partial charge on any atom is -0.497 e. The van der Waals surface area contributed by atoms with Crippen molar-refractivity contribution in [3.63, 3.8) is 0 Å². The fraction of sp³-hybridized carbons (Fsp3) is 0.381. The van der Waals surface area contributed by atoms with E-state index in [1.165, 1.54) is 4.31 Å². The summed E-state index contributed by atoms with van der Waals surface area (Å²) < 4.78 is 32.4. The Balaban J connectivity index is 1.54. The quantitative estimate of drug-likeness (QED) is 0.729. The number of carbonyl (C=O) groups excluding carboxylic acids is 1. The molecule has 1 aliphatic heterocycles. The van der Waals surface area contributed by atoms with Gasteiger partial charge in [-0.15, -0.1) is 0 Å². The maximum atomic E-state index is 12.9. The second kappa shape index (κ2) is 8.94. The van der Waals surface area contributed by atoms with Gasteiger partial charge in [0.1, 0.15) is 5.75 Å². The Bertz CT molecular complexity index is 966. The van der Waals surface area contributed by atoms with Gasteiger partial charge in [-0.05, 0) is 61.4 Å². The molecule has 1 fully saturated rings. The maximum absolute atomic E-state index is 12.9. The number of ether oxygens (including phenoxy) is 1. The average Bonchev–Trinajstić information content (AvgIpc) is 2.71. The number of hydrogen-bond acceptors (Lipinski definition) is 4. The molecule has 2 aromatic carbocycles. The third-order valence-electron chi connectivity index (χ3n) is 5.33. The number of benzene rings is 2. The molecule has 0 aliphatic carbocycles. The smallest absolute Gasteiger partial charge is 0.279 e. The lowest BCUT2D eigenvalue weighted by Crippen LogP contribution is -3.15. The highest BCUT2D eigenvalue weighted by atomic mass is 32.2. The first kappa shape index (κ1) is 21.3. The van der Waals surface area contributed by atoms with Gasteiger partial charge in [0.25, 0.3) is 5.91 Å². The molecular weight excluding hydrogens is 390 g/mol. The SMILES string of the molecule is COc1ccc(NC(=O)C[NH+]2CCN(S(=O)(=O)c3ccc(C)c(C)c3)CC2)cc1. The number of hydrogen-bond donors (Lipinski definition) is 2. The molecule has 1 saturated heterocycles. The van der Waals surface area contributed by atoms with Crippen LogP contribution >= 0.6 is 0 Å². The van der Waals surface area contributed by atoms with Gasteiger partial charge in [0, 0.05) is 5.69 Å². The summed E-state index contributed by atoms with van der Waals surface area (Å²) in [6.07, 6.45) is 0. The van der Waals surface area contributed by atoms with Gasteiger partial charge < -0.3 is 15.0 Å². The summed E-state index contributed by atoms with van der Waals surface area (Å²) in [5, 5.41) is 2.87. The number of anilines is 1. The number of carbonyl (C=O) groups is 1. The van der Waals surface area contributed by atoms with Gasteiger partial charge in [0.2, 0.25) is 10.0 Å². The summed E-state index contributed by atoms with van der Waals surface area (Å²) in [5.74, 6) is 0.644. The van der Waals surface area contributed by atoms with Crippen molar-refractivity contribution in [3.8, 4) is 5.75 Å². The molecule has 1 aliphatic rings. The summed E-state index contributed by atoms with van der Waals surface area (Å²) in [7, 11) is -1.91. The molecule has 7 nitrogen and oxygen atoms in total. The van der Waals surface area contributed by atoms with Crippen LogP contribution < -0.4 is 15.0 Å². The third kappa shape index (κ3) is 5.14. The Morgan fingerprint density at radius 2 is 1.72 bits per heavy atom. The summed E-state index contributed by atoms with van der Waals surface area (Å²) in [6, 6.07) is 12.4. The average molecular weight is 419 g/mol. The van der Waals surface area contributed by atoms with Crippen molar-refractivity contribution in [3.05, 3.63) is 53.6 Å². The maximum Gasteiger partial charge on any atom is 0.279 e. The predicted molar refractivity (Wildman–Crippen MR) is 112 cm³/mol. The van der Waals surface area contributed by atoms with E-state index < -0.39 is 10.0 Å². The van der Waals surface area contributed by atoms with Crippen LogP contribution in [0.5, 0.6) is 5.75 Å². The third-order valence-corrected chi connectivity index (χ3v) is 7.22. The van der Waals surface area contributed by atoms with E-state index in [-0.39, 0.29) is 5.91 Å². The summed E-state index contributed by atoms with van der Waals surface area (Å²) >= 11 is 0. The van der Waals surface area contributed by atoms with Crippen molar-refractivity contribution >= 4 is 21.6 Å². The van der Waals surface area contributed by atoms with E-state index in [4.69, 9.17) is 4.74 Å². The number of nitrogens with one attached hydrogen (secondary N) is 2. The molecule has 29 heavy (non-hydrogen) atoms. The number of quaternary nitrogens is 1. The zero-order valence-corrected chi connectivity index (χ0v) is 17.9. The first-order chi connectivity index (χ1) is 13.8. The first-order valence-corrected chi connectivity index (χ1v) is 11.1. The van der Waals surface area contributed by atoms with Gasteiger partial charge in [-0.1, -0.05) is 6.07 Å². The minimum atomic E-state index is -3.50. The van der Waals surface area contributed by atoms with E-state index >= 15 is 0 Å². The summed E-state index contributed by atoms with van der Waals surface area (Å²) in [6.45, 7) is 6.19. The Morgan fingerprint density at radius 1 is 1.07 bits per heavy atom. The van der Waals surface area contributed by atoms with Crippen LogP contribution in [0.3, 0.4) is 0 Å². The molecule has 156 valence electrons. The Hall–Kier alpha value is -2.42. The largest absolute Gasteiger partial charge is 0.497 e. The Kier molecular flexibility index (Phi) is 6.56. The molecule has 0 radical (unpaired) electrons. The summed E-state index contributed by atoms with van der Waals surface area (Å²) in [4.78, 5) is 13.7. The van der Waals surface area contributed by atoms with E-state index in [1.54, 1.807) is 43.5 Å². The van der Waals surface area contributed by atoms with Crippen LogP contribution in [0.1, 0.15) is 11.1 Å². The Labute approximate surface area is 172 Å². The van der Waals surface area contributed by atoms with Crippen molar-refractivity contribution in [2.45, 2.75) is 18.7 Å². The second-order valence-corrected chi connectivity index (χ2v) is 9.29. The number of sulfonamides is 1. The normalized spacial score (nSPS) is 15.8. The first-order valence-electron chi connectivity index (χ1n) is 9.64. The van der Waals surface area contributed by atoms with Crippen LogP contribution in [0.15, 0.2) is 47.4 Å². The van der Waals surface area contributed by atoms with Crippen LogP contribution in [0.4, 0.5) is 5.69 Å². The standard InChI is InChI=1S/C21H27N3O4S/c1-16-4-9-20(14-17(16)2)29(26,27)24-12-10-23(11-13-24)15-21(25)22-18-5-7-19(28-3)8-6-18/h4-9,14H,10-13,15H2,1-3H3,(H,22,25)/p+1. The van der Waals surface area contributed by atoms with Crippen molar-refractivity contribution in [2.75, 3.05) is 45.2 Å². The van der Waals surface area contributed by atoms with Crippen molar-refractivity contribution < 1.29 is 22.8 Å². The highest BCUT2D eigenvalue weighted by molar-refractivity contribution is 7.89. The number of amides is 1. The number of piperazine rings is 1. The van der Waals surface area contributed by atoms with E-state index in [0.717, 1.165) is 21.8 Å². The molecule has 1 heterocycles. The molecule has 0 bridgehead atoms. The highest BCUT2D eigenvalue weighted by Crippen LogP contribution is 2.19. The molecule has 0 aromatic heterocycles. The van der Waals surface area contributed by atoms with Gasteiger partial charge >= 0.3 is 0 Å². The van der Waals surface area contributed by atoms with Crippen LogP contribution in [-0.4, -0.2) is 58.5 Å². The highest BCUT2D eigenvalue weighted by Gasteiger charge is 2.31. The van der Waals surface area contributed by atoms with Gasteiger partial charge in [0.05, 0.1) is 38.2 Å². The van der Waals surface area contributed by atoms with E-state index in [9.17, 15) is 13.2 Å². The molecule has 8 heteroatoms. The van der Waals surface area contributed by atoms with E-state index in [2.05, 4.69) is 5.32 Å². The van der Waals surface area contributed by atoms with Gasteiger partial charge in [-0.25, -0.2) is 8.42 Å². The van der Waals surface area contributed by atoms with Crippen LogP contribution in [0.25, 0.3) is 0 Å². The summed E-state index contributed by atoms with van der Waals surface area (Å²) in [5.41, 5.74) is 2.75. The molecule has 2 N–H and O–H groups in total. The number of rotatable bonds is 6. The van der Waals surface area contributed by atoms with Crippen molar-refractivity contribution in [2.24, 2.45) is 0 Å². The molecule has 0 saturated carbocycles. The number of aryl methyl sites for hydroxylation is 2. The monoisotopic (exact) mass is 418 g/mol. The van der Waals surface area contributed by atoms with Crippen LogP contribution in [-0.2, 0) is 14.8 Å². The lowest BCUT2D eigenvalue weighted by atomic mass is 10.1. The lowest BCUT2D eigenvalue weighted by molar-refractivity contribution is -0.895. The van der Waals surface area contributed by atoms with Crippen molar-refractivity contribution in [1.82, 2.24) is 4.31 Å². The predicted octanol–water partition coefficient (Wildman–Crippen LogP) is 0.840. The van der Waals surface area contributed by atoms with E-state index in [0.29, 0.717) is 43.3 Å². The fourth-order valence-corrected chi connectivity index (χ4v) is 4.88. The van der Waals surface area contributed by atoms with Crippen LogP contribution in [0, 0.1) is 13.8 Å². The lowest BCUT2D eigenvalue weighted by Gasteiger charge is -2.31. The second-order valence-electron chi connectivity index (χ2n) is 7.35. The Morgan fingerprint density at radius 3 is 2.31 bits per heavy atom. The molecule has 0 unspecified atom stereocenters. The van der Waals surface area contributed by atoms with Crippen LogP contribution in [0.2, 0.25) is 0 Å². The zero-order valence-electron chi connectivity index (χ0n) is 17.1. The zero-order chi connectivity index (χ0) is 21.0. The van der Waals surface area contributed by atoms with Gasteiger partial charge in [0.15, 0.2) is 6.54 Å². The topological polar surface area (TPSA) is 80.2 Å². The molecule has 0 atom stereocenters. The van der Waals surface area contributed by atoms with Gasteiger partial charge in [-0.3, -0.25) is 4.79 Å². The number of nitrogens with zero attached hydrogens (tertiary/aromatic N) is 1. The molecule has 1 amide bonds. The van der Waals surface area contributed by atoms with E-state index in [1.807, 2.05) is 19.9 Å². The minimum absolute atomic E-state index is 0.0874. The molecular formula is C21H28N3O4S+.